The molecule has 1 aliphatic rings. The molecule has 104 valence electrons. The molecule has 4 heteroatoms. The minimum atomic E-state index is -0.558. The highest BCUT2D eigenvalue weighted by atomic mass is 35.5. The van der Waals surface area contributed by atoms with Gasteiger partial charge in [0.1, 0.15) is 17.3 Å². The van der Waals surface area contributed by atoms with Crippen molar-refractivity contribution in [2.75, 3.05) is 11.4 Å². The van der Waals surface area contributed by atoms with Crippen LogP contribution in [0.2, 0.25) is 0 Å². The van der Waals surface area contributed by atoms with E-state index in [-0.39, 0.29) is 11.6 Å². The Labute approximate surface area is 121 Å². The Morgan fingerprint density at radius 2 is 1.80 bits per heavy atom. The third kappa shape index (κ3) is 2.27. The van der Waals surface area contributed by atoms with Crippen molar-refractivity contribution in [3.63, 3.8) is 0 Å². The Kier molecular flexibility index (Phi) is 3.62. The van der Waals surface area contributed by atoms with Gasteiger partial charge in [-0.2, -0.15) is 0 Å². The van der Waals surface area contributed by atoms with Gasteiger partial charge in [-0.1, -0.05) is 18.2 Å². The van der Waals surface area contributed by atoms with Gasteiger partial charge in [-0.3, -0.25) is 0 Å². The Bertz CT molecular complexity index is 619. The Morgan fingerprint density at radius 1 is 1.10 bits per heavy atom. The van der Waals surface area contributed by atoms with Crippen molar-refractivity contribution in [3.8, 4) is 0 Å². The van der Waals surface area contributed by atoms with E-state index in [4.69, 9.17) is 11.6 Å². The topological polar surface area (TPSA) is 3.24 Å². The number of hydrogen-bond donors (Lipinski definition) is 0. The number of para-hydroxylation sites is 1. The third-order valence-electron chi connectivity index (χ3n) is 3.61. The molecule has 0 amide bonds. The Morgan fingerprint density at radius 3 is 2.50 bits per heavy atom. The zero-order chi connectivity index (χ0) is 14.1. The molecule has 0 fully saturated rings. The summed E-state index contributed by atoms with van der Waals surface area (Å²) in [4.78, 5) is 1.72. The molecule has 0 atom stereocenters. The summed E-state index contributed by atoms with van der Waals surface area (Å²) in [7, 11) is 0. The first kappa shape index (κ1) is 13.4. The maximum atomic E-state index is 14.2. The van der Waals surface area contributed by atoms with Crippen LogP contribution in [-0.2, 0) is 12.3 Å². The van der Waals surface area contributed by atoms with Crippen LogP contribution in [0.25, 0.3) is 0 Å². The van der Waals surface area contributed by atoms with Crippen LogP contribution in [0, 0.1) is 11.6 Å². The molecule has 0 aliphatic carbocycles. The van der Waals surface area contributed by atoms with E-state index in [0.717, 1.165) is 24.1 Å². The van der Waals surface area contributed by atoms with E-state index in [2.05, 4.69) is 0 Å². The maximum Gasteiger partial charge on any atom is 0.150 e. The summed E-state index contributed by atoms with van der Waals surface area (Å²) in [6.07, 6.45) is 1.82. The molecule has 0 aromatic heterocycles. The Hall–Kier alpha value is -1.61. The van der Waals surface area contributed by atoms with Crippen molar-refractivity contribution >= 4 is 23.0 Å². The summed E-state index contributed by atoms with van der Waals surface area (Å²) in [6, 6.07) is 10.4. The number of nitrogens with zero attached hydrogens (tertiary/aromatic N) is 1. The number of fused-ring (bicyclic) bond motifs is 1. The van der Waals surface area contributed by atoms with Crippen molar-refractivity contribution in [3.05, 3.63) is 59.2 Å². The van der Waals surface area contributed by atoms with Gasteiger partial charge < -0.3 is 4.90 Å². The molecule has 2 aromatic rings. The highest BCUT2D eigenvalue weighted by Gasteiger charge is 2.23. The molecule has 20 heavy (non-hydrogen) atoms. The summed E-state index contributed by atoms with van der Waals surface area (Å²) < 4.78 is 28.5. The van der Waals surface area contributed by atoms with E-state index in [0.29, 0.717) is 12.1 Å². The minimum absolute atomic E-state index is 0.0195. The van der Waals surface area contributed by atoms with Gasteiger partial charge >= 0.3 is 0 Å². The van der Waals surface area contributed by atoms with Crippen molar-refractivity contribution in [1.29, 1.82) is 0 Å². The molecule has 0 N–H and O–H groups in total. The van der Waals surface area contributed by atoms with E-state index in [1.165, 1.54) is 12.1 Å². The molecule has 1 heterocycles. The van der Waals surface area contributed by atoms with Crippen molar-refractivity contribution in [2.45, 2.75) is 18.7 Å². The number of hydrogen-bond acceptors (Lipinski definition) is 1. The van der Waals surface area contributed by atoms with Crippen molar-refractivity contribution in [1.82, 2.24) is 0 Å². The standard InChI is InChI=1S/C16H14ClF2N/c17-10-11-8-13(18)16(14(19)9-11)20-7-3-5-12-4-1-2-6-15(12)20/h1-2,4,6,8-9H,3,5,7,10H2. The molecule has 0 radical (unpaired) electrons. The number of halogens is 3. The summed E-state index contributed by atoms with van der Waals surface area (Å²) in [5, 5.41) is 0. The first-order chi connectivity index (χ1) is 9.70. The lowest BCUT2D eigenvalue weighted by Gasteiger charge is -2.31. The average Bonchev–Trinajstić information content (AvgIpc) is 2.46. The molecule has 0 saturated carbocycles. The lowest BCUT2D eigenvalue weighted by atomic mass is 10.0. The molecule has 1 aliphatic heterocycles. The average molecular weight is 294 g/mol. The lowest BCUT2D eigenvalue weighted by molar-refractivity contribution is 0.574. The molecular formula is C16H14ClF2N. The minimum Gasteiger partial charge on any atom is -0.336 e. The highest BCUT2D eigenvalue weighted by Crippen LogP contribution is 2.36. The van der Waals surface area contributed by atoms with Gasteiger partial charge in [0, 0.05) is 18.1 Å². The molecule has 0 bridgehead atoms. The van der Waals surface area contributed by atoms with E-state index in [9.17, 15) is 8.78 Å². The van der Waals surface area contributed by atoms with Gasteiger partial charge in [0.05, 0.1) is 0 Å². The van der Waals surface area contributed by atoms with Crippen LogP contribution >= 0.6 is 11.6 Å². The van der Waals surface area contributed by atoms with Gasteiger partial charge in [0.25, 0.3) is 0 Å². The van der Waals surface area contributed by atoms with Gasteiger partial charge in [0.2, 0.25) is 0 Å². The smallest absolute Gasteiger partial charge is 0.150 e. The first-order valence-electron chi connectivity index (χ1n) is 6.60. The summed E-state index contributed by atoms with van der Waals surface area (Å²) in [5.41, 5.74) is 2.48. The summed E-state index contributed by atoms with van der Waals surface area (Å²) in [6.45, 7) is 0.616. The molecule has 2 aromatic carbocycles. The van der Waals surface area contributed by atoms with Gasteiger partial charge in [0.15, 0.2) is 0 Å². The molecule has 3 rings (SSSR count). The molecule has 0 unspecified atom stereocenters. The van der Waals surface area contributed by atoms with Crippen molar-refractivity contribution in [2.24, 2.45) is 0 Å². The van der Waals surface area contributed by atoms with Crippen molar-refractivity contribution < 1.29 is 8.78 Å². The number of rotatable bonds is 2. The first-order valence-corrected chi connectivity index (χ1v) is 7.13. The van der Waals surface area contributed by atoms with E-state index >= 15 is 0 Å². The quantitative estimate of drug-likeness (QED) is 0.720. The second-order valence-corrected chi connectivity index (χ2v) is 5.19. The van der Waals surface area contributed by atoms with Crippen LogP contribution in [0.15, 0.2) is 36.4 Å². The maximum absolute atomic E-state index is 14.2. The summed E-state index contributed by atoms with van der Waals surface area (Å²) in [5.74, 6) is -1.01. The van der Waals surface area contributed by atoms with Crippen LogP contribution in [0.1, 0.15) is 17.5 Å². The number of alkyl halides is 1. The van der Waals surface area contributed by atoms with E-state index in [1.807, 2.05) is 24.3 Å². The molecule has 1 nitrogen and oxygen atoms in total. The van der Waals surface area contributed by atoms with Gasteiger partial charge in [-0.25, -0.2) is 8.78 Å². The SMILES string of the molecule is Fc1cc(CCl)cc(F)c1N1CCCc2ccccc21. The van der Waals surface area contributed by atoms with Crippen LogP contribution < -0.4 is 4.90 Å². The highest BCUT2D eigenvalue weighted by molar-refractivity contribution is 6.17. The third-order valence-corrected chi connectivity index (χ3v) is 3.92. The number of benzene rings is 2. The normalized spacial score (nSPS) is 14.2. The zero-order valence-electron chi connectivity index (χ0n) is 10.9. The zero-order valence-corrected chi connectivity index (χ0v) is 11.6. The molecular weight excluding hydrogens is 280 g/mol. The summed E-state index contributed by atoms with van der Waals surface area (Å²) >= 11 is 5.64. The van der Waals surface area contributed by atoms with Crippen LogP contribution in [0.3, 0.4) is 0 Å². The van der Waals surface area contributed by atoms with E-state index < -0.39 is 11.6 Å². The number of aryl methyl sites for hydroxylation is 1. The van der Waals surface area contributed by atoms with Crippen LogP contribution in [-0.4, -0.2) is 6.54 Å². The van der Waals surface area contributed by atoms with Crippen LogP contribution in [0.5, 0.6) is 0 Å². The number of anilines is 2. The Balaban J connectivity index is 2.11. The van der Waals surface area contributed by atoms with Gasteiger partial charge in [-0.05, 0) is 42.2 Å². The molecule has 0 spiro atoms. The second kappa shape index (κ2) is 5.41. The monoisotopic (exact) mass is 293 g/mol. The fourth-order valence-electron chi connectivity index (χ4n) is 2.72. The largest absolute Gasteiger partial charge is 0.336 e. The second-order valence-electron chi connectivity index (χ2n) is 4.93. The predicted octanol–water partition coefficient (Wildman–Crippen LogP) is 4.79. The molecule has 0 saturated heterocycles. The van der Waals surface area contributed by atoms with Crippen LogP contribution in [0.4, 0.5) is 20.2 Å². The van der Waals surface area contributed by atoms with Gasteiger partial charge in [-0.15, -0.1) is 11.6 Å². The lowest BCUT2D eigenvalue weighted by Crippen LogP contribution is -2.26. The predicted molar refractivity (Wildman–Crippen MR) is 77.7 cm³/mol. The van der Waals surface area contributed by atoms with E-state index in [1.54, 1.807) is 4.90 Å². The fourth-order valence-corrected chi connectivity index (χ4v) is 2.87. The fraction of sp³-hybridized carbons (Fsp3) is 0.250.